The molecule has 1 saturated heterocycles. The van der Waals surface area contributed by atoms with E-state index in [-0.39, 0.29) is 0 Å². The first kappa shape index (κ1) is 9.60. The molecule has 2 atom stereocenters. The molecular weight excluding hydrogens is 244 g/mol. The molecule has 0 aliphatic carbocycles. The van der Waals surface area contributed by atoms with Crippen LogP contribution in [0.5, 0.6) is 0 Å². The fourth-order valence-corrected chi connectivity index (χ4v) is 4.14. The number of rotatable bonds is 2. The van der Waals surface area contributed by atoms with Gasteiger partial charge in [0.1, 0.15) is 0 Å². The van der Waals surface area contributed by atoms with Crippen molar-refractivity contribution in [3.8, 4) is 0 Å². The van der Waals surface area contributed by atoms with Crippen molar-refractivity contribution in [1.82, 2.24) is 0 Å². The molecule has 2 rings (SSSR count). The summed E-state index contributed by atoms with van der Waals surface area (Å²) in [5.74, 6) is 3.41. The quantitative estimate of drug-likeness (QED) is 0.732. The monoisotopic (exact) mass is 256 g/mol. The van der Waals surface area contributed by atoms with Crippen molar-refractivity contribution < 1.29 is 0 Å². The number of hydrogen-bond donors (Lipinski definition) is 0. The zero-order chi connectivity index (χ0) is 9.10. The summed E-state index contributed by atoms with van der Waals surface area (Å²) >= 11 is 5.80. The second kappa shape index (κ2) is 4.52. The van der Waals surface area contributed by atoms with Crippen molar-refractivity contribution >= 4 is 27.7 Å². The van der Waals surface area contributed by atoms with Crippen LogP contribution in [0, 0.1) is 5.92 Å². The van der Waals surface area contributed by atoms with E-state index in [0.717, 1.165) is 10.7 Å². The maximum absolute atomic E-state index is 3.74. The van der Waals surface area contributed by atoms with Crippen LogP contribution < -0.4 is 0 Å². The second-order valence-electron chi connectivity index (χ2n) is 3.50. The predicted octanol–water partition coefficient (Wildman–Crippen LogP) is 3.36. The summed E-state index contributed by atoms with van der Waals surface area (Å²) in [6, 6.07) is 10.8. The lowest BCUT2D eigenvalue weighted by molar-refractivity contribution is 0.616. The Bertz CT molecular complexity index is 260. The van der Waals surface area contributed by atoms with E-state index in [1.54, 1.807) is 0 Å². The smallest absolute Gasteiger partial charge is 0.0275 e. The number of thioether (sulfide) groups is 1. The van der Waals surface area contributed by atoms with Gasteiger partial charge < -0.3 is 0 Å². The lowest BCUT2D eigenvalue weighted by atomic mass is 9.99. The maximum Gasteiger partial charge on any atom is 0.0275 e. The van der Waals surface area contributed by atoms with Crippen molar-refractivity contribution in [1.29, 1.82) is 0 Å². The summed E-state index contributed by atoms with van der Waals surface area (Å²) in [7, 11) is 0. The molecule has 1 aliphatic rings. The lowest BCUT2D eigenvalue weighted by Crippen LogP contribution is -2.14. The highest BCUT2D eigenvalue weighted by Gasteiger charge is 2.25. The standard InChI is InChI=1S/C11H13BrS/c12-11-8-13-7-10(11)6-9-4-2-1-3-5-9/h1-5,10-11H,6-8H2. The Hall–Kier alpha value is 0.0500. The van der Waals surface area contributed by atoms with Crippen LogP contribution in [-0.4, -0.2) is 16.3 Å². The molecule has 1 heterocycles. The molecule has 0 amide bonds. The minimum atomic E-state index is 0.720. The highest BCUT2D eigenvalue weighted by atomic mass is 79.9. The van der Waals surface area contributed by atoms with Gasteiger partial charge >= 0.3 is 0 Å². The normalized spacial score (nSPS) is 27.8. The van der Waals surface area contributed by atoms with E-state index in [0.29, 0.717) is 0 Å². The summed E-state index contributed by atoms with van der Waals surface area (Å²) in [6.07, 6.45) is 1.23. The van der Waals surface area contributed by atoms with Crippen molar-refractivity contribution in [3.05, 3.63) is 35.9 Å². The van der Waals surface area contributed by atoms with Gasteiger partial charge in [-0.05, 0) is 23.7 Å². The van der Waals surface area contributed by atoms with Crippen LogP contribution in [0.2, 0.25) is 0 Å². The summed E-state index contributed by atoms with van der Waals surface area (Å²) in [5.41, 5.74) is 1.47. The predicted molar refractivity (Wildman–Crippen MR) is 63.7 cm³/mol. The van der Waals surface area contributed by atoms with Crippen LogP contribution in [-0.2, 0) is 6.42 Å². The van der Waals surface area contributed by atoms with Crippen LogP contribution in [0.1, 0.15) is 5.56 Å². The van der Waals surface area contributed by atoms with E-state index in [9.17, 15) is 0 Å². The average molecular weight is 257 g/mol. The Morgan fingerprint density at radius 2 is 2.00 bits per heavy atom. The third-order valence-electron chi connectivity index (χ3n) is 2.46. The Balaban J connectivity index is 1.98. The summed E-state index contributed by atoms with van der Waals surface area (Å²) in [4.78, 5) is 0.720. The van der Waals surface area contributed by atoms with Crippen molar-refractivity contribution in [3.63, 3.8) is 0 Å². The molecule has 13 heavy (non-hydrogen) atoms. The third-order valence-corrected chi connectivity index (χ3v) is 5.22. The molecular formula is C11H13BrS. The molecule has 1 aromatic rings. The summed E-state index contributed by atoms with van der Waals surface area (Å²) in [5, 5.41) is 0. The van der Waals surface area contributed by atoms with E-state index in [1.807, 2.05) is 0 Å². The van der Waals surface area contributed by atoms with E-state index in [1.165, 1.54) is 23.5 Å². The Labute approximate surface area is 92.2 Å². The van der Waals surface area contributed by atoms with Gasteiger partial charge in [-0.1, -0.05) is 46.3 Å². The zero-order valence-electron chi connectivity index (χ0n) is 7.45. The Morgan fingerprint density at radius 1 is 1.23 bits per heavy atom. The van der Waals surface area contributed by atoms with E-state index in [4.69, 9.17) is 0 Å². The molecule has 1 fully saturated rings. The van der Waals surface area contributed by atoms with Gasteiger partial charge in [-0.15, -0.1) is 0 Å². The largest absolute Gasteiger partial charge is 0.160 e. The van der Waals surface area contributed by atoms with Crippen molar-refractivity contribution in [2.75, 3.05) is 11.5 Å². The molecule has 0 aromatic heterocycles. The molecule has 0 nitrogen and oxygen atoms in total. The van der Waals surface area contributed by atoms with Crippen LogP contribution in [0.3, 0.4) is 0 Å². The Morgan fingerprint density at radius 3 is 2.62 bits per heavy atom. The molecule has 0 spiro atoms. The molecule has 1 aliphatic heterocycles. The molecule has 0 radical (unpaired) electrons. The van der Waals surface area contributed by atoms with E-state index < -0.39 is 0 Å². The van der Waals surface area contributed by atoms with E-state index in [2.05, 4.69) is 58.0 Å². The van der Waals surface area contributed by atoms with E-state index >= 15 is 0 Å². The highest BCUT2D eigenvalue weighted by Crippen LogP contribution is 2.32. The summed E-state index contributed by atoms with van der Waals surface area (Å²) < 4.78 is 0. The molecule has 70 valence electrons. The number of hydrogen-bond acceptors (Lipinski definition) is 1. The first-order valence-electron chi connectivity index (χ1n) is 4.62. The van der Waals surface area contributed by atoms with Crippen molar-refractivity contribution in [2.45, 2.75) is 11.2 Å². The molecule has 1 aromatic carbocycles. The van der Waals surface area contributed by atoms with Gasteiger partial charge in [0, 0.05) is 10.6 Å². The van der Waals surface area contributed by atoms with Crippen LogP contribution >= 0.6 is 27.7 Å². The Kier molecular flexibility index (Phi) is 3.33. The minimum Gasteiger partial charge on any atom is -0.160 e. The fraction of sp³-hybridized carbons (Fsp3) is 0.455. The lowest BCUT2D eigenvalue weighted by Gasteiger charge is -2.12. The van der Waals surface area contributed by atoms with Gasteiger partial charge in [-0.2, -0.15) is 11.8 Å². The average Bonchev–Trinajstić information content (AvgIpc) is 2.54. The number of halogens is 1. The van der Waals surface area contributed by atoms with Gasteiger partial charge in [-0.25, -0.2) is 0 Å². The summed E-state index contributed by atoms with van der Waals surface area (Å²) in [6.45, 7) is 0. The second-order valence-corrected chi connectivity index (χ2v) is 5.75. The number of alkyl halides is 1. The van der Waals surface area contributed by atoms with Gasteiger partial charge in [0.25, 0.3) is 0 Å². The van der Waals surface area contributed by atoms with Crippen LogP contribution in [0.25, 0.3) is 0 Å². The van der Waals surface area contributed by atoms with Crippen LogP contribution in [0.15, 0.2) is 30.3 Å². The SMILES string of the molecule is BrC1CSCC1Cc1ccccc1. The maximum atomic E-state index is 3.74. The topological polar surface area (TPSA) is 0 Å². The third kappa shape index (κ3) is 2.50. The van der Waals surface area contributed by atoms with Gasteiger partial charge in [0.05, 0.1) is 0 Å². The first-order valence-corrected chi connectivity index (χ1v) is 6.69. The molecule has 2 heteroatoms. The van der Waals surface area contributed by atoms with Gasteiger partial charge in [0.15, 0.2) is 0 Å². The molecule has 0 bridgehead atoms. The molecule has 2 unspecified atom stereocenters. The van der Waals surface area contributed by atoms with Gasteiger partial charge in [-0.3, -0.25) is 0 Å². The fourth-order valence-electron chi connectivity index (χ4n) is 1.68. The molecule has 0 saturated carbocycles. The molecule has 0 N–H and O–H groups in total. The minimum absolute atomic E-state index is 0.720. The van der Waals surface area contributed by atoms with Crippen molar-refractivity contribution in [2.24, 2.45) is 5.92 Å². The highest BCUT2D eigenvalue weighted by molar-refractivity contribution is 9.09. The zero-order valence-corrected chi connectivity index (χ0v) is 9.85. The van der Waals surface area contributed by atoms with Gasteiger partial charge in [0.2, 0.25) is 0 Å². The first-order chi connectivity index (χ1) is 6.36. The number of benzene rings is 1. The van der Waals surface area contributed by atoms with Crippen LogP contribution in [0.4, 0.5) is 0 Å².